The van der Waals surface area contributed by atoms with Crippen LogP contribution in [0.2, 0.25) is 0 Å². The molecule has 1 amide bonds. The van der Waals surface area contributed by atoms with Crippen LogP contribution in [0, 0.1) is 0 Å². The second-order valence-electron chi connectivity index (χ2n) is 11.1. The zero-order valence-corrected chi connectivity index (χ0v) is 24.0. The molecule has 0 saturated carbocycles. The van der Waals surface area contributed by atoms with Crippen molar-refractivity contribution in [2.45, 2.75) is 25.3 Å². The van der Waals surface area contributed by atoms with Crippen LogP contribution in [0.15, 0.2) is 67.0 Å². The third-order valence-corrected chi connectivity index (χ3v) is 8.44. The third-order valence-electron chi connectivity index (χ3n) is 8.44. The Hall–Kier alpha value is -4.43. The molecule has 0 aliphatic carbocycles. The van der Waals surface area contributed by atoms with Crippen molar-refractivity contribution in [2.75, 3.05) is 34.3 Å². The number of amides is 1. The summed E-state index contributed by atoms with van der Waals surface area (Å²) in [6.07, 6.45) is 5.74. The molecule has 8 heteroatoms. The number of aryl methyl sites for hydroxylation is 1. The topological polar surface area (TPSA) is 83.5 Å². The van der Waals surface area contributed by atoms with Gasteiger partial charge in [0.15, 0.2) is 0 Å². The highest BCUT2D eigenvalue weighted by Gasteiger charge is 2.23. The lowest BCUT2D eigenvalue weighted by Crippen LogP contribution is -2.33. The number of benzene rings is 2. The zero-order chi connectivity index (χ0) is 28.7. The van der Waals surface area contributed by atoms with Crippen LogP contribution in [0.1, 0.15) is 50.7 Å². The van der Waals surface area contributed by atoms with Gasteiger partial charge in [-0.1, -0.05) is 18.2 Å². The number of pyridine rings is 1. The quantitative estimate of drug-likeness (QED) is 0.279. The van der Waals surface area contributed by atoms with E-state index in [1.807, 2.05) is 36.5 Å². The fourth-order valence-corrected chi connectivity index (χ4v) is 6.05. The maximum atomic E-state index is 12.3. The molecule has 8 nitrogen and oxygen atoms in total. The number of methoxy groups -OCH3 is 1. The largest absolute Gasteiger partial charge is 0.465 e. The third kappa shape index (κ3) is 5.00. The number of esters is 1. The van der Waals surface area contributed by atoms with Crippen LogP contribution >= 0.6 is 0 Å². The second-order valence-corrected chi connectivity index (χ2v) is 11.1. The number of likely N-dealkylation sites (tertiary alicyclic amines) is 1. The van der Waals surface area contributed by atoms with E-state index in [0.717, 1.165) is 71.1 Å². The standard InChI is InChI=1S/C33H35N5O3/c1-36(2)32(39)23-7-5-21(6-8-23)22-12-15-38(16-13-22)20-25-18-28-26(11-14-34-31(28)37(25)3)24-9-10-30-27(17-24)29(19-35-30)33(40)41-4/h5-11,14,17-19,22,35H,12-13,15-16,20H2,1-4H3. The van der Waals surface area contributed by atoms with Crippen LogP contribution in [-0.2, 0) is 18.3 Å². The fourth-order valence-electron chi connectivity index (χ4n) is 6.05. The molecule has 1 aliphatic heterocycles. The number of carbonyl (C=O) groups is 2. The number of piperidine rings is 1. The number of nitrogens with one attached hydrogen (secondary N) is 1. The van der Waals surface area contributed by atoms with Crippen molar-refractivity contribution in [1.82, 2.24) is 24.3 Å². The second kappa shape index (κ2) is 10.9. The molecule has 1 aliphatic rings. The lowest BCUT2D eigenvalue weighted by molar-refractivity contribution is 0.0602. The van der Waals surface area contributed by atoms with Crippen LogP contribution in [-0.4, -0.2) is 70.5 Å². The van der Waals surface area contributed by atoms with Crippen molar-refractivity contribution in [3.8, 4) is 11.1 Å². The average Bonchev–Trinajstić information content (AvgIpc) is 3.57. The maximum absolute atomic E-state index is 12.3. The predicted octanol–water partition coefficient (Wildman–Crippen LogP) is 5.59. The Labute approximate surface area is 239 Å². The van der Waals surface area contributed by atoms with Gasteiger partial charge in [-0.2, -0.15) is 0 Å². The molecular weight excluding hydrogens is 514 g/mol. The van der Waals surface area contributed by atoms with Gasteiger partial charge in [0.1, 0.15) is 5.65 Å². The molecular formula is C33H35N5O3. The first-order chi connectivity index (χ1) is 19.8. The van der Waals surface area contributed by atoms with Crippen molar-refractivity contribution < 1.29 is 14.3 Å². The van der Waals surface area contributed by atoms with Gasteiger partial charge >= 0.3 is 5.97 Å². The van der Waals surface area contributed by atoms with E-state index < -0.39 is 0 Å². The van der Waals surface area contributed by atoms with E-state index in [1.54, 1.807) is 25.2 Å². The summed E-state index contributed by atoms with van der Waals surface area (Å²) < 4.78 is 7.17. The number of H-pyrrole nitrogens is 1. The summed E-state index contributed by atoms with van der Waals surface area (Å²) in [5.74, 6) is 0.194. The molecule has 0 radical (unpaired) electrons. The van der Waals surface area contributed by atoms with Crippen molar-refractivity contribution >= 4 is 33.8 Å². The van der Waals surface area contributed by atoms with Crippen LogP contribution in [0.5, 0.6) is 0 Å². The molecule has 210 valence electrons. The highest BCUT2D eigenvalue weighted by molar-refractivity contribution is 6.06. The Bertz CT molecular complexity index is 1740. The van der Waals surface area contributed by atoms with Crippen LogP contribution in [0.4, 0.5) is 0 Å². The summed E-state index contributed by atoms with van der Waals surface area (Å²) >= 11 is 0. The van der Waals surface area contributed by atoms with Gasteiger partial charge in [-0.05, 0) is 84.9 Å². The lowest BCUT2D eigenvalue weighted by atomic mass is 9.89. The van der Waals surface area contributed by atoms with E-state index in [1.165, 1.54) is 18.4 Å². The molecule has 0 bridgehead atoms. The van der Waals surface area contributed by atoms with E-state index >= 15 is 0 Å². The average molecular weight is 550 g/mol. The Balaban J connectivity index is 1.20. The minimum Gasteiger partial charge on any atom is -0.465 e. The Morgan fingerprint density at radius 1 is 1.02 bits per heavy atom. The number of fused-ring (bicyclic) bond motifs is 2. The van der Waals surface area contributed by atoms with Gasteiger partial charge in [-0.25, -0.2) is 9.78 Å². The number of ether oxygens (including phenoxy) is 1. The van der Waals surface area contributed by atoms with Gasteiger partial charge < -0.3 is 19.2 Å². The van der Waals surface area contributed by atoms with Gasteiger partial charge in [0.25, 0.3) is 5.91 Å². The Morgan fingerprint density at radius 2 is 1.78 bits per heavy atom. The van der Waals surface area contributed by atoms with E-state index in [4.69, 9.17) is 9.72 Å². The van der Waals surface area contributed by atoms with E-state index in [9.17, 15) is 9.59 Å². The minimum absolute atomic E-state index is 0.0370. The number of carbonyl (C=O) groups excluding carboxylic acids is 2. The summed E-state index contributed by atoms with van der Waals surface area (Å²) in [5, 5.41) is 1.94. The number of hydrogen-bond acceptors (Lipinski definition) is 5. The molecule has 1 N–H and O–H groups in total. The minimum atomic E-state index is -0.351. The van der Waals surface area contributed by atoms with Crippen LogP contribution in [0.3, 0.4) is 0 Å². The SMILES string of the molecule is COC(=O)c1c[nH]c2ccc(-c3ccnc4c3cc(CN3CCC(c5ccc(C(=O)N(C)C)cc5)CC3)n4C)cc12. The summed E-state index contributed by atoms with van der Waals surface area (Å²) in [4.78, 5) is 36.5. The highest BCUT2D eigenvalue weighted by atomic mass is 16.5. The lowest BCUT2D eigenvalue weighted by Gasteiger charge is -2.32. The molecule has 4 heterocycles. The van der Waals surface area contributed by atoms with Gasteiger partial charge in [-0.15, -0.1) is 0 Å². The van der Waals surface area contributed by atoms with Crippen LogP contribution in [0.25, 0.3) is 33.1 Å². The smallest absolute Gasteiger partial charge is 0.340 e. The van der Waals surface area contributed by atoms with Gasteiger partial charge in [0.2, 0.25) is 0 Å². The van der Waals surface area contributed by atoms with Crippen molar-refractivity contribution in [3.05, 3.63) is 89.4 Å². The summed E-state index contributed by atoms with van der Waals surface area (Å²) in [6, 6.07) is 18.6. The molecule has 3 aromatic heterocycles. The number of aromatic amines is 1. The van der Waals surface area contributed by atoms with E-state index in [0.29, 0.717) is 11.5 Å². The molecule has 0 atom stereocenters. The Morgan fingerprint density at radius 3 is 2.49 bits per heavy atom. The highest BCUT2D eigenvalue weighted by Crippen LogP contribution is 2.34. The molecule has 0 spiro atoms. The van der Waals surface area contributed by atoms with E-state index in [2.05, 4.69) is 45.8 Å². The first-order valence-corrected chi connectivity index (χ1v) is 14.0. The van der Waals surface area contributed by atoms with E-state index in [-0.39, 0.29) is 11.9 Å². The molecule has 1 fully saturated rings. The summed E-state index contributed by atoms with van der Waals surface area (Å²) in [7, 11) is 7.05. The molecule has 41 heavy (non-hydrogen) atoms. The molecule has 6 rings (SSSR count). The normalized spacial score (nSPS) is 14.5. The first kappa shape index (κ1) is 26.8. The zero-order valence-electron chi connectivity index (χ0n) is 24.0. The molecule has 1 saturated heterocycles. The first-order valence-electron chi connectivity index (χ1n) is 14.0. The van der Waals surface area contributed by atoms with Gasteiger partial charge in [0, 0.05) is 67.6 Å². The van der Waals surface area contributed by atoms with Crippen LogP contribution < -0.4 is 0 Å². The predicted molar refractivity (Wildman–Crippen MR) is 161 cm³/mol. The number of nitrogens with zero attached hydrogens (tertiary/aromatic N) is 4. The van der Waals surface area contributed by atoms with Gasteiger partial charge in [-0.3, -0.25) is 9.69 Å². The van der Waals surface area contributed by atoms with Crippen molar-refractivity contribution in [3.63, 3.8) is 0 Å². The van der Waals surface area contributed by atoms with Gasteiger partial charge in [0.05, 0.1) is 12.7 Å². The molecule has 0 unspecified atom stereocenters. The molecule has 5 aromatic rings. The maximum Gasteiger partial charge on any atom is 0.340 e. The summed E-state index contributed by atoms with van der Waals surface area (Å²) in [6.45, 7) is 2.90. The fraction of sp³-hybridized carbons (Fsp3) is 0.303. The number of rotatable bonds is 6. The van der Waals surface area contributed by atoms with Crippen molar-refractivity contribution in [2.24, 2.45) is 7.05 Å². The monoisotopic (exact) mass is 549 g/mol. The summed E-state index contributed by atoms with van der Waals surface area (Å²) in [5.41, 5.74) is 7.77. The van der Waals surface area contributed by atoms with Crippen molar-refractivity contribution in [1.29, 1.82) is 0 Å². The number of hydrogen-bond donors (Lipinski definition) is 1. The Kier molecular flexibility index (Phi) is 7.09. The number of aromatic nitrogens is 3. The molecule has 2 aromatic carbocycles.